The van der Waals surface area contributed by atoms with Gasteiger partial charge in [-0.05, 0) is 19.4 Å². The van der Waals surface area contributed by atoms with E-state index in [1.54, 1.807) is 12.5 Å². The van der Waals surface area contributed by atoms with Gasteiger partial charge < -0.3 is 10.6 Å². The third kappa shape index (κ3) is 1.71. The van der Waals surface area contributed by atoms with E-state index in [1.165, 1.54) is 12.8 Å². The molecule has 1 aliphatic rings. The Morgan fingerprint density at radius 3 is 3.38 bits per heavy atom. The lowest BCUT2D eigenvalue weighted by Gasteiger charge is -2.24. The van der Waals surface area contributed by atoms with Gasteiger partial charge in [0, 0.05) is 25.0 Å². The van der Waals surface area contributed by atoms with Crippen molar-refractivity contribution in [2.75, 3.05) is 18.4 Å². The molecule has 0 saturated carbocycles. The van der Waals surface area contributed by atoms with Gasteiger partial charge in [-0.3, -0.25) is 4.40 Å². The maximum atomic E-state index is 4.31. The maximum Gasteiger partial charge on any atom is 0.203 e. The van der Waals surface area contributed by atoms with Gasteiger partial charge in [0.2, 0.25) is 5.65 Å². The number of hydrogen-bond acceptors (Lipinski definition) is 5. The second-order valence-electron chi connectivity index (χ2n) is 4.03. The van der Waals surface area contributed by atoms with Crippen LogP contribution in [-0.4, -0.2) is 38.7 Å². The Kier molecular flexibility index (Phi) is 2.41. The summed E-state index contributed by atoms with van der Waals surface area (Å²) in [6.45, 7) is 2.09. The molecule has 0 radical (unpaired) electrons. The smallest absolute Gasteiger partial charge is 0.203 e. The minimum absolute atomic E-state index is 0.434. The van der Waals surface area contributed by atoms with Gasteiger partial charge in [-0.1, -0.05) is 0 Å². The molecule has 2 N–H and O–H groups in total. The van der Waals surface area contributed by atoms with E-state index in [4.69, 9.17) is 0 Å². The topological polar surface area (TPSA) is 67.1 Å². The van der Waals surface area contributed by atoms with Gasteiger partial charge in [0.05, 0.1) is 0 Å². The average molecular weight is 218 g/mol. The van der Waals surface area contributed by atoms with Crippen LogP contribution in [0.15, 0.2) is 18.7 Å². The summed E-state index contributed by atoms with van der Waals surface area (Å²) in [4.78, 5) is 4.31. The fourth-order valence-corrected chi connectivity index (χ4v) is 2.03. The molecular formula is C10H14N6. The van der Waals surface area contributed by atoms with Crippen molar-refractivity contribution in [1.29, 1.82) is 0 Å². The molecule has 0 aromatic carbocycles. The molecule has 1 fully saturated rings. The second-order valence-corrected chi connectivity index (χ2v) is 4.03. The van der Waals surface area contributed by atoms with Crippen LogP contribution in [0, 0.1) is 0 Å². The average Bonchev–Trinajstić information content (AvgIpc) is 2.80. The zero-order valence-electron chi connectivity index (χ0n) is 8.93. The molecule has 1 aliphatic heterocycles. The van der Waals surface area contributed by atoms with Crippen molar-refractivity contribution in [3.8, 4) is 0 Å². The van der Waals surface area contributed by atoms with Crippen LogP contribution in [0.3, 0.4) is 0 Å². The van der Waals surface area contributed by atoms with Crippen LogP contribution in [0.25, 0.3) is 5.65 Å². The standard InChI is InChI=1S/C10H14N6/c1-2-8(6-11-3-1)14-9-10-15-13-7-16(10)5-4-12-9/h4-5,7-8,11H,1-3,6H2,(H,12,14). The molecular weight excluding hydrogens is 204 g/mol. The highest BCUT2D eigenvalue weighted by atomic mass is 15.2. The quantitative estimate of drug-likeness (QED) is 0.758. The number of fused-ring (bicyclic) bond motifs is 1. The lowest BCUT2D eigenvalue weighted by atomic mass is 10.1. The van der Waals surface area contributed by atoms with Crippen molar-refractivity contribution in [2.45, 2.75) is 18.9 Å². The SMILES string of the molecule is c1cn2cnnc2c(NC2CCCNC2)n1. The first-order valence-corrected chi connectivity index (χ1v) is 5.55. The summed E-state index contributed by atoms with van der Waals surface area (Å²) in [6, 6.07) is 0.434. The predicted molar refractivity (Wildman–Crippen MR) is 60.3 cm³/mol. The second kappa shape index (κ2) is 4.05. The molecule has 0 bridgehead atoms. The Morgan fingerprint density at radius 2 is 2.50 bits per heavy atom. The first-order valence-electron chi connectivity index (χ1n) is 5.55. The lowest BCUT2D eigenvalue weighted by Crippen LogP contribution is -2.38. The summed E-state index contributed by atoms with van der Waals surface area (Å²) in [7, 11) is 0. The molecule has 3 heterocycles. The monoisotopic (exact) mass is 218 g/mol. The molecule has 84 valence electrons. The number of hydrogen-bond donors (Lipinski definition) is 2. The molecule has 3 rings (SSSR count). The van der Waals surface area contributed by atoms with Gasteiger partial charge in [-0.25, -0.2) is 4.98 Å². The van der Waals surface area contributed by atoms with Gasteiger partial charge in [0.25, 0.3) is 0 Å². The first-order chi connectivity index (χ1) is 7.93. The van der Waals surface area contributed by atoms with Crippen LogP contribution in [0.1, 0.15) is 12.8 Å². The van der Waals surface area contributed by atoms with E-state index < -0.39 is 0 Å². The van der Waals surface area contributed by atoms with E-state index in [9.17, 15) is 0 Å². The number of nitrogens with zero attached hydrogens (tertiary/aromatic N) is 4. The minimum atomic E-state index is 0.434. The molecule has 0 spiro atoms. The highest BCUT2D eigenvalue weighted by molar-refractivity contribution is 5.61. The van der Waals surface area contributed by atoms with E-state index in [0.717, 1.165) is 24.6 Å². The molecule has 1 atom stereocenters. The van der Waals surface area contributed by atoms with Gasteiger partial charge in [-0.2, -0.15) is 0 Å². The van der Waals surface area contributed by atoms with Crippen LogP contribution in [0.4, 0.5) is 5.82 Å². The third-order valence-electron chi connectivity index (χ3n) is 2.85. The van der Waals surface area contributed by atoms with Gasteiger partial charge in [0.1, 0.15) is 6.33 Å². The van der Waals surface area contributed by atoms with E-state index in [-0.39, 0.29) is 0 Å². The van der Waals surface area contributed by atoms with E-state index >= 15 is 0 Å². The number of nitrogens with one attached hydrogen (secondary N) is 2. The number of anilines is 1. The van der Waals surface area contributed by atoms with Crippen LogP contribution in [0.5, 0.6) is 0 Å². The summed E-state index contributed by atoms with van der Waals surface area (Å²) < 4.78 is 1.87. The highest BCUT2D eigenvalue weighted by Gasteiger charge is 2.14. The first kappa shape index (κ1) is 9.53. The normalized spacial score (nSPS) is 21.1. The van der Waals surface area contributed by atoms with Crippen molar-refractivity contribution in [1.82, 2.24) is 24.9 Å². The summed E-state index contributed by atoms with van der Waals surface area (Å²) in [5.74, 6) is 0.814. The molecule has 6 nitrogen and oxygen atoms in total. The van der Waals surface area contributed by atoms with Gasteiger partial charge >= 0.3 is 0 Å². The predicted octanol–water partition coefficient (Wildman–Crippen LogP) is 0.288. The van der Waals surface area contributed by atoms with Gasteiger partial charge in [0.15, 0.2) is 5.82 Å². The maximum absolute atomic E-state index is 4.31. The third-order valence-corrected chi connectivity index (χ3v) is 2.85. The van der Waals surface area contributed by atoms with Crippen molar-refractivity contribution in [3.05, 3.63) is 18.7 Å². The number of rotatable bonds is 2. The molecule has 2 aromatic heterocycles. The van der Waals surface area contributed by atoms with Crippen molar-refractivity contribution >= 4 is 11.5 Å². The zero-order valence-corrected chi connectivity index (χ0v) is 8.93. The molecule has 0 amide bonds. The fraction of sp³-hybridized carbons (Fsp3) is 0.500. The Labute approximate surface area is 93.1 Å². The summed E-state index contributed by atoms with van der Waals surface area (Å²) in [5, 5.41) is 14.7. The highest BCUT2D eigenvalue weighted by Crippen LogP contribution is 2.13. The zero-order chi connectivity index (χ0) is 10.8. The lowest BCUT2D eigenvalue weighted by molar-refractivity contribution is 0.479. The molecule has 1 saturated heterocycles. The molecule has 2 aromatic rings. The Bertz CT molecular complexity index is 473. The minimum Gasteiger partial charge on any atom is -0.363 e. The summed E-state index contributed by atoms with van der Waals surface area (Å²) in [5.41, 5.74) is 0.785. The number of piperidine rings is 1. The van der Waals surface area contributed by atoms with E-state index in [0.29, 0.717) is 6.04 Å². The molecule has 0 aliphatic carbocycles. The van der Waals surface area contributed by atoms with E-state index in [1.807, 2.05) is 10.6 Å². The van der Waals surface area contributed by atoms with Crippen LogP contribution in [0.2, 0.25) is 0 Å². The molecule has 16 heavy (non-hydrogen) atoms. The molecule has 6 heteroatoms. The Morgan fingerprint density at radius 1 is 1.50 bits per heavy atom. The Balaban J connectivity index is 1.85. The number of aromatic nitrogens is 4. The van der Waals surface area contributed by atoms with Crippen molar-refractivity contribution in [2.24, 2.45) is 0 Å². The van der Waals surface area contributed by atoms with Crippen LogP contribution in [-0.2, 0) is 0 Å². The fourth-order valence-electron chi connectivity index (χ4n) is 2.03. The van der Waals surface area contributed by atoms with Crippen molar-refractivity contribution < 1.29 is 0 Å². The van der Waals surface area contributed by atoms with Crippen LogP contribution >= 0.6 is 0 Å². The largest absolute Gasteiger partial charge is 0.363 e. The van der Waals surface area contributed by atoms with Gasteiger partial charge in [-0.15, -0.1) is 10.2 Å². The summed E-state index contributed by atoms with van der Waals surface area (Å²) >= 11 is 0. The van der Waals surface area contributed by atoms with E-state index in [2.05, 4.69) is 25.8 Å². The van der Waals surface area contributed by atoms with Crippen LogP contribution < -0.4 is 10.6 Å². The Hall–Kier alpha value is -1.69. The molecule has 1 unspecified atom stereocenters. The van der Waals surface area contributed by atoms with Crippen molar-refractivity contribution in [3.63, 3.8) is 0 Å². The summed E-state index contributed by atoms with van der Waals surface area (Å²) in [6.07, 6.45) is 7.66.